The molecule has 0 aliphatic heterocycles. The number of alkyl halides is 1. The molecule has 0 amide bonds. The molecule has 94 valence electrons. The number of hydrogen-bond donors (Lipinski definition) is 0. The van der Waals surface area contributed by atoms with Crippen molar-refractivity contribution in [3.63, 3.8) is 0 Å². The summed E-state index contributed by atoms with van der Waals surface area (Å²) < 4.78 is 12.9. The summed E-state index contributed by atoms with van der Waals surface area (Å²) >= 11 is 12.0. The van der Waals surface area contributed by atoms with E-state index < -0.39 is 0 Å². The highest BCUT2D eigenvalue weighted by molar-refractivity contribution is 6.33. The van der Waals surface area contributed by atoms with Crippen molar-refractivity contribution in [1.82, 2.24) is 0 Å². The van der Waals surface area contributed by atoms with Crippen LogP contribution in [0.2, 0.25) is 5.02 Å². The second kappa shape index (κ2) is 5.59. The molecule has 2 aromatic carbocycles. The summed E-state index contributed by atoms with van der Waals surface area (Å²) in [5.74, 6) is 0.177. The number of halogens is 3. The highest BCUT2D eigenvalue weighted by Crippen LogP contribution is 2.31. The Morgan fingerprint density at radius 1 is 1.11 bits per heavy atom. The minimum atomic E-state index is -0.254. The highest BCUT2D eigenvalue weighted by Gasteiger charge is 2.08. The van der Waals surface area contributed by atoms with Crippen LogP contribution in [-0.2, 0) is 5.88 Å². The fourth-order valence-electron chi connectivity index (χ4n) is 1.71. The molecule has 0 fully saturated rings. The van der Waals surface area contributed by atoms with Gasteiger partial charge in [0.15, 0.2) is 0 Å². The largest absolute Gasteiger partial charge is 0.343 e. The first-order chi connectivity index (χ1) is 8.61. The average Bonchev–Trinajstić information content (AvgIpc) is 2.38. The molecule has 0 atom stereocenters. The van der Waals surface area contributed by atoms with E-state index in [9.17, 15) is 4.39 Å². The molecule has 0 unspecified atom stereocenters. The van der Waals surface area contributed by atoms with Crippen LogP contribution >= 0.6 is 23.2 Å². The Balaban J connectivity index is 2.33. The van der Waals surface area contributed by atoms with Gasteiger partial charge in [-0.25, -0.2) is 4.39 Å². The van der Waals surface area contributed by atoms with E-state index in [-0.39, 0.29) is 5.82 Å². The maximum Gasteiger partial charge on any atom is 0.123 e. The number of nitrogens with zero attached hydrogens (tertiary/aromatic N) is 1. The molecule has 2 rings (SSSR count). The summed E-state index contributed by atoms with van der Waals surface area (Å²) in [5, 5.41) is 0.625. The third kappa shape index (κ3) is 2.77. The monoisotopic (exact) mass is 283 g/mol. The third-order valence-corrected chi connectivity index (χ3v) is 3.35. The minimum absolute atomic E-state index is 0.254. The van der Waals surface area contributed by atoms with Gasteiger partial charge < -0.3 is 4.90 Å². The first-order valence-corrected chi connectivity index (χ1v) is 6.37. The van der Waals surface area contributed by atoms with Crippen molar-refractivity contribution < 1.29 is 4.39 Å². The van der Waals surface area contributed by atoms with Crippen LogP contribution in [0.1, 0.15) is 5.56 Å². The van der Waals surface area contributed by atoms with E-state index in [2.05, 4.69) is 0 Å². The van der Waals surface area contributed by atoms with Crippen LogP contribution in [0.25, 0.3) is 0 Å². The van der Waals surface area contributed by atoms with Crippen LogP contribution in [0.5, 0.6) is 0 Å². The second-order valence-corrected chi connectivity index (χ2v) is 4.63. The zero-order valence-corrected chi connectivity index (χ0v) is 11.3. The predicted molar refractivity (Wildman–Crippen MR) is 75.5 cm³/mol. The van der Waals surface area contributed by atoms with Gasteiger partial charge in [-0.05, 0) is 42.0 Å². The van der Waals surface area contributed by atoms with Crippen molar-refractivity contribution in [2.75, 3.05) is 11.9 Å². The Labute approximate surface area is 116 Å². The van der Waals surface area contributed by atoms with Crippen LogP contribution < -0.4 is 4.90 Å². The van der Waals surface area contributed by atoms with E-state index in [1.807, 2.05) is 30.1 Å². The lowest BCUT2D eigenvalue weighted by Crippen LogP contribution is -2.10. The summed E-state index contributed by atoms with van der Waals surface area (Å²) in [6, 6.07) is 11.9. The molecule has 2 aromatic rings. The summed E-state index contributed by atoms with van der Waals surface area (Å²) in [4.78, 5) is 1.90. The van der Waals surface area contributed by atoms with Gasteiger partial charge in [0.05, 0.1) is 10.7 Å². The Hall–Kier alpha value is -1.25. The van der Waals surface area contributed by atoms with Gasteiger partial charge in [-0.15, -0.1) is 11.6 Å². The lowest BCUT2D eigenvalue weighted by atomic mass is 10.2. The molecule has 0 saturated carbocycles. The van der Waals surface area contributed by atoms with Crippen molar-refractivity contribution >= 4 is 34.6 Å². The predicted octanol–water partition coefficient (Wildman–Crippen LogP) is 4.99. The van der Waals surface area contributed by atoms with Crippen LogP contribution in [0.3, 0.4) is 0 Å². The molecular formula is C14H12Cl2FN. The van der Waals surface area contributed by atoms with Gasteiger partial charge in [0, 0.05) is 18.6 Å². The standard InChI is InChI=1S/C14H12Cl2FN/c1-18(12-5-3-11(17)4-6-12)14-7-2-10(9-15)8-13(14)16/h2-8H,9H2,1H3. The van der Waals surface area contributed by atoms with E-state index in [0.29, 0.717) is 10.9 Å². The summed E-state index contributed by atoms with van der Waals surface area (Å²) in [6.45, 7) is 0. The minimum Gasteiger partial charge on any atom is -0.343 e. The van der Waals surface area contributed by atoms with Crippen molar-refractivity contribution in [1.29, 1.82) is 0 Å². The molecule has 18 heavy (non-hydrogen) atoms. The van der Waals surface area contributed by atoms with E-state index in [1.165, 1.54) is 12.1 Å². The van der Waals surface area contributed by atoms with Crippen LogP contribution in [-0.4, -0.2) is 7.05 Å². The fourth-order valence-corrected chi connectivity index (χ4v) is 2.21. The molecule has 0 spiro atoms. The quantitative estimate of drug-likeness (QED) is 0.718. The molecule has 0 aliphatic carbocycles. The third-order valence-electron chi connectivity index (χ3n) is 2.74. The van der Waals surface area contributed by atoms with Gasteiger partial charge in [0.1, 0.15) is 5.82 Å². The molecule has 0 heterocycles. The molecule has 1 nitrogen and oxygen atoms in total. The Kier molecular flexibility index (Phi) is 4.10. The molecule has 0 aromatic heterocycles. The molecule has 0 N–H and O–H groups in total. The van der Waals surface area contributed by atoms with Crippen molar-refractivity contribution in [3.8, 4) is 0 Å². The number of anilines is 2. The van der Waals surface area contributed by atoms with Gasteiger partial charge in [-0.2, -0.15) is 0 Å². The Morgan fingerprint density at radius 2 is 1.78 bits per heavy atom. The lowest BCUT2D eigenvalue weighted by molar-refractivity contribution is 0.628. The summed E-state index contributed by atoms with van der Waals surface area (Å²) in [6.07, 6.45) is 0. The number of rotatable bonds is 3. The van der Waals surface area contributed by atoms with E-state index in [1.54, 1.807) is 12.1 Å². The molecule has 0 saturated heterocycles. The van der Waals surface area contributed by atoms with Gasteiger partial charge in [0.25, 0.3) is 0 Å². The normalized spacial score (nSPS) is 10.4. The van der Waals surface area contributed by atoms with Gasteiger partial charge in [0.2, 0.25) is 0 Å². The molecule has 4 heteroatoms. The summed E-state index contributed by atoms with van der Waals surface area (Å²) in [5.41, 5.74) is 2.70. The van der Waals surface area contributed by atoms with Gasteiger partial charge in [-0.3, -0.25) is 0 Å². The summed E-state index contributed by atoms with van der Waals surface area (Å²) in [7, 11) is 1.88. The zero-order chi connectivity index (χ0) is 13.1. The lowest BCUT2D eigenvalue weighted by Gasteiger charge is -2.21. The molecule has 0 aliphatic rings. The van der Waals surface area contributed by atoms with E-state index >= 15 is 0 Å². The SMILES string of the molecule is CN(c1ccc(F)cc1)c1ccc(CCl)cc1Cl. The first-order valence-electron chi connectivity index (χ1n) is 5.45. The highest BCUT2D eigenvalue weighted by atomic mass is 35.5. The Morgan fingerprint density at radius 3 is 2.33 bits per heavy atom. The van der Waals surface area contributed by atoms with Gasteiger partial charge in [-0.1, -0.05) is 17.7 Å². The van der Waals surface area contributed by atoms with Crippen LogP contribution in [0, 0.1) is 5.82 Å². The first kappa shape index (κ1) is 13.2. The molecule has 0 bridgehead atoms. The van der Waals surface area contributed by atoms with Crippen LogP contribution in [0.15, 0.2) is 42.5 Å². The maximum atomic E-state index is 12.9. The van der Waals surface area contributed by atoms with E-state index in [4.69, 9.17) is 23.2 Å². The van der Waals surface area contributed by atoms with Crippen molar-refractivity contribution in [3.05, 3.63) is 58.9 Å². The van der Waals surface area contributed by atoms with Gasteiger partial charge >= 0.3 is 0 Å². The average molecular weight is 284 g/mol. The van der Waals surface area contributed by atoms with Crippen molar-refractivity contribution in [2.45, 2.75) is 5.88 Å². The van der Waals surface area contributed by atoms with Crippen molar-refractivity contribution in [2.24, 2.45) is 0 Å². The number of benzene rings is 2. The number of hydrogen-bond acceptors (Lipinski definition) is 1. The molecular weight excluding hydrogens is 272 g/mol. The van der Waals surface area contributed by atoms with E-state index in [0.717, 1.165) is 16.9 Å². The Bertz CT molecular complexity index is 540. The zero-order valence-electron chi connectivity index (χ0n) is 9.83. The topological polar surface area (TPSA) is 3.24 Å². The fraction of sp³-hybridized carbons (Fsp3) is 0.143. The second-order valence-electron chi connectivity index (χ2n) is 3.95. The van der Waals surface area contributed by atoms with Crippen LogP contribution in [0.4, 0.5) is 15.8 Å². The maximum absolute atomic E-state index is 12.9. The smallest absolute Gasteiger partial charge is 0.123 e. The molecule has 0 radical (unpaired) electrons.